The monoisotopic (exact) mass is 274 g/mol. The summed E-state index contributed by atoms with van der Waals surface area (Å²) in [6.07, 6.45) is 3.46. The molecule has 1 aliphatic rings. The van der Waals surface area contributed by atoms with Crippen molar-refractivity contribution in [2.24, 2.45) is 0 Å². The van der Waals surface area contributed by atoms with E-state index in [4.69, 9.17) is 0 Å². The number of phenolic OH excluding ortho intramolecular Hbond substituents is 2. The van der Waals surface area contributed by atoms with Gasteiger partial charge >= 0.3 is 0 Å². The SMILES string of the molecule is CNC(=O)c1cn(C2CC2)c2cc(O)c(O)cc2c1=O. The van der Waals surface area contributed by atoms with Crippen LogP contribution in [0.25, 0.3) is 10.9 Å². The van der Waals surface area contributed by atoms with Gasteiger partial charge in [-0.2, -0.15) is 0 Å². The van der Waals surface area contributed by atoms with E-state index >= 15 is 0 Å². The van der Waals surface area contributed by atoms with E-state index in [9.17, 15) is 19.8 Å². The molecule has 0 spiro atoms. The maximum Gasteiger partial charge on any atom is 0.256 e. The number of aromatic nitrogens is 1. The minimum atomic E-state index is -0.459. The molecule has 1 aromatic heterocycles. The topological polar surface area (TPSA) is 91.6 Å². The van der Waals surface area contributed by atoms with Gasteiger partial charge in [0, 0.05) is 25.4 Å². The van der Waals surface area contributed by atoms with Gasteiger partial charge < -0.3 is 20.1 Å². The molecule has 1 saturated carbocycles. The summed E-state index contributed by atoms with van der Waals surface area (Å²) in [6.45, 7) is 0. The fourth-order valence-electron chi connectivity index (χ4n) is 2.32. The predicted octanol–water partition coefficient (Wildman–Crippen LogP) is 1.11. The van der Waals surface area contributed by atoms with Gasteiger partial charge in [0.25, 0.3) is 5.91 Å². The number of hydrogen-bond donors (Lipinski definition) is 3. The Labute approximate surface area is 114 Å². The van der Waals surface area contributed by atoms with Gasteiger partial charge in [-0.1, -0.05) is 0 Å². The number of carbonyl (C=O) groups excluding carboxylic acids is 1. The third-order valence-corrected chi connectivity index (χ3v) is 3.54. The Morgan fingerprint density at radius 1 is 1.30 bits per heavy atom. The summed E-state index contributed by atoms with van der Waals surface area (Å²) in [5.74, 6) is -1.11. The zero-order chi connectivity index (χ0) is 14.4. The first-order chi connectivity index (χ1) is 9.52. The average Bonchev–Trinajstić information content (AvgIpc) is 3.25. The number of hydrogen-bond acceptors (Lipinski definition) is 4. The highest BCUT2D eigenvalue weighted by atomic mass is 16.3. The first-order valence-electron chi connectivity index (χ1n) is 6.36. The first-order valence-corrected chi connectivity index (χ1v) is 6.36. The van der Waals surface area contributed by atoms with Crippen LogP contribution in [-0.4, -0.2) is 27.7 Å². The molecule has 1 fully saturated rings. The lowest BCUT2D eigenvalue weighted by Crippen LogP contribution is -2.27. The lowest BCUT2D eigenvalue weighted by atomic mass is 10.1. The van der Waals surface area contributed by atoms with Crippen LogP contribution in [0.2, 0.25) is 0 Å². The summed E-state index contributed by atoms with van der Waals surface area (Å²) < 4.78 is 1.82. The molecule has 6 nitrogen and oxygen atoms in total. The number of nitrogens with zero attached hydrogens (tertiary/aromatic N) is 1. The van der Waals surface area contributed by atoms with Gasteiger partial charge in [0.15, 0.2) is 11.5 Å². The zero-order valence-corrected chi connectivity index (χ0v) is 10.9. The Kier molecular flexibility index (Phi) is 2.67. The van der Waals surface area contributed by atoms with Crippen LogP contribution < -0.4 is 10.7 Å². The van der Waals surface area contributed by atoms with E-state index in [2.05, 4.69) is 5.32 Å². The summed E-state index contributed by atoms with van der Waals surface area (Å²) in [5.41, 5.74) is 0.115. The number of rotatable bonds is 2. The molecular weight excluding hydrogens is 260 g/mol. The summed E-state index contributed by atoms with van der Waals surface area (Å²) >= 11 is 0. The van der Waals surface area contributed by atoms with Crippen molar-refractivity contribution in [3.8, 4) is 11.5 Å². The summed E-state index contributed by atoms with van der Waals surface area (Å²) in [4.78, 5) is 24.1. The smallest absolute Gasteiger partial charge is 0.256 e. The predicted molar refractivity (Wildman–Crippen MR) is 73.2 cm³/mol. The molecular formula is C14H14N2O4. The van der Waals surface area contributed by atoms with Crippen molar-refractivity contribution in [3.05, 3.63) is 34.1 Å². The van der Waals surface area contributed by atoms with E-state index in [1.807, 2.05) is 4.57 Å². The molecule has 1 aliphatic carbocycles. The molecule has 20 heavy (non-hydrogen) atoms. The van der Waals surface area contributed by atoms with Crippen LogP contribution in [0.15, 0.2) is 23.1 Å². The Morgan fingerprint density at radius 2 is 1.95 bits per heavy atom. The van der Waals surface area contributed by atoms with Gasteiger partial charge in [0.1, 0.15) is 5.56 Å². The van der Waals surface area contributed by atoms with Gasteiger partial charge in [-0.25, -0.2) is 0 Å². The van der Waals surface area contributed by atoms with Crippen LogP contribution in [0.4, 0.5) is 0 Å². The fraction of sp³-hybridized carbons (Fsp3) is 0.286. The zero-order valence-electron chi connectivity index (χ0n) is 10.9. The highest BCUT2D eigenvalue weighted by Gasteiger charge is 2.27. The number of amides is 1. The number of nitrogens with one attached hydrogen (secondary N) is 1. The molecule has 0 atom stereocenters. The van der Waals surface area contributed by atoms with Crippen LogP contribution in [0.5, 0.6) is 11.5 Å². The normalized spacial score (nSPS) is 14.4. The largest absolute Gasteiger partial charge is 0.504 e. The number of carbonyl (C=O) groups is 1. The molecule has 1 aromatic carbocycles. The second-order valence-electron chi connectivity index (χ2n) is 4.95. The van der Waals surface area contributed by atoms with Crippen molar-refractivity contribution in [2.75, 3.05) is 7.05 Å². The van der Waals surface area contributed by atoms with E-state index in [-0.39, 0.29) is 28.5 Å². The van der Waals surface area contributed by atoms with Gasteiger partial charge in [0.05, 0.1) is 10.9 Å². The Hall–Kier alpha value is -2.50. The molecule has 1 heterocycles. The number of phenols is 2. The van der Waals surface area contributed by atoms with Crippen LogP contribution in [0, 0.1) is 0 Å². The summed E-state index contributed by atoms with van der Waals surface area (Å²) in [5, 5.41) is 21.9. The minimum Gasteiger partial charge on any atom is -0.504 e. The molecule has 0 aliphatic heterocycles. The first kappa shape index (κ1) is 12.5. The van der Waals surface area contributed by atoms with E-state index in [1.54, 1.807) is 0 Å². The highest BCUT2D eigenvalue weighted by Crippen LogP contribution is 2.38. The number of pyridine rings is 1. The van der Waals surface area contributed by atoms with E-state index in [0.717, 1.165) is 12.8 Å². The van der Waals surface area contributed by atoms with Crippen LogP contribution in [0.1, 0.15) is 29.2 Å². The summed E-state index contributed by atoms with van der Waals surface area (Å²) in [7, 11) is 1.46. The molecule has 0 saturated heterocycles. The molecule has 104 valence electrons. The van der Waals surface area contributed by atoms with Crippen LogP contribution in [0.3, 0.4) is 0 Å². The van der Waals surface area contributed by atoms with E-state index < -0.39 is 11.3 Å². The van der Waals surface area contributed by atoms with Gasteiger partial charge in [-0.05, 0) is 18.9 Å². The molecule has 6 heteroatoms. The van der Waals surface area contributed by atoms with Gasteiger partial charge in [0.2, 0.25) is 5.43 Å². The number of aromatic hydroxyl groups is 2. The molecule has 0 radical (unpaired) electrons. The lowest BCUT2D eigenvalue weighted by molar-refractivity contribution is 0.0961. The maximum absolute atomic E-state index is 12.3. The molecule has 3 rings (SSSR count). The Balaban J connectivity index is 2.40. The molecule has 1 amide bonds. The molecule has 0 bridgehead atoms. The minimum absolute atomic E-state index is 0.0389. The fourth-order valence-corrected chi connectivity index (χ4v) is 2.32. The number of fused-ring (bicyclic) bond motifs is 1. The Morgan fingerprint density at radius 3 is 2.55 bits per heavy atom. The van der Waals surface area contributed by atoms with Gasteiger partial charge in [-0.15, -0.1) is 0 Å². The maximum atomic E-state index is 12.3. The van der Waals surface area contributed by atoms with Crippen molar-refractivity contribution in [1.29, 1.82) is 0 Å². The average molecular weight is 274 g/mol. The highest BCUT2D eigenvalue weighted by molar-refractivity contribution is 5.97. The Bertz CT molecular complexity index is 775. The second-order valence-corrected chi connectivity index (χ2v) is 4.95. The summed E-state index contributed by atoms with van der Waals surface area (Å²) in [6, 6.07) is 2.79. The molecule has 2 aromatic rings. The third-order valence-electron chi connectivity index (χ3n) is 3.54. The molecule has 0 unspecified atom stereocenters. The van der Waals surface area contributed by atoms with Crippen molar-refractivity contribution in [3.63, 3.8) is 0 Å². The van der Waals surface area contributed by atoms with Crippen molar-refractivity contribution in [1.82, 2.24) is 9.88 Å². The van der Waals surface area contributed by atoms with Crippen molar-refractivity contribution >= 4 is 16.8 Å². The van der Waals surface area contributed by atoms with E-state index in [0.29, 0.717) is 5.52 Å². The van der Waals surface area contributed by atoms with Crippen LogP contribution in [-0.2, 0) is 0 Å². The van der Waals surface area contributed by atoms with Crippen molar-refractivity contribution in [2.45, 2.75) is 18.9 Å². The third kappa shape index (κ3) is 1.80. The van der Waals surface area contributed by atoms with Crippen LogP contribution >= 0.6 is 0 Å². The number of benzene rings is 1. The standard InChI is InChI=1S/C14H14N2O4/c1-15-14(20)9-6-16(7-2-3-7)10-5-12(18)11(17)4-8(10)13(9)19/h4-7,17-18H,2-3H2,1H3,(H,15,20). The van der Waals surface area contributed by atoms with Crippen molar-refractivity contribution < 1.29 is 15.0 Å². The quantitative estimate of drug-likeness (QED) is 0.715. The second kappa shape index (κ2) is 4.26. The molecule has 3 N–H and O–H groups in total. The van der Waals surface area contributed by atoms with Gasteiger partial charge in [-0.3, -0.25) is 9.59 Å². The lowest BCUT2D eigenvalue weighted by Gasteiger charge is -2.13. The van der Waals surface area contributed by atoms with E-state index in [1.165, 1.54) is 25.4 Å².